The standard InChI is InChI=1S/C19H18N4O7/c24-18(20-11-17-2-1-7-30-17)12-3-5-14(6-4-12)21-19(25)13-8-15(22(26)27)10-16(9-13)23(28)29/h3-6,8-10,17H,1-2,7,11H2,(H,20,24)(H,21,25). The molecule has 11 heteroatoms. The van der Waals surface area contributed by atoms with Crippen molar-refractivity contribution < 1.29 is 24.2 Å². The second-order valence-electron chi connectivity index (χ2n) is 6.63. The number of non-ortho nitro benzene ring substituents is 2. The predicted octanol–water partition coefficient (Wildman–Crippen LogP) is 2.66. The second kappa shape index (κ2) is 9.09. The zero-order chi connectivity index (χ0) is 21.7. The van der Waals surface area contributed by atoms with E-state index in [-0.39, 0.29) is 17.6 Å². The minimum Gasteiger partial charge on any atom is -0.376 e. The van der Waals surface area contributed by atoms with Gasteiger partial charge in [0.2, 0.25) is 0 Å². The van der Waals surface area contributed by atoms with Crippen LogP contribution in [0.15, 0.2) is 42.5 Å². The lowest BCUT2D eigenvalue weighted by Crippen LogP contribution is -2.31. The van der Waals surface area contributed by atoms with E-state index in [9.17, 15) is 29.8 Å². The van der Waals surface area contributed by atoms with Crippen LogP contribution in [0, 0.1) is 20.2 Å². The fourth-order valence-corrected chi connectivity index (χ4v) is 2.96. The van der Waals surface area contributed by atoms with Crippen LogP contribution in [0.25, 0.3) is 0 Å². The van der Waals surface area contributed by atoms with Gasteiger partial charge in [-0.05, 0) is 37.1 Å². The number of nitrogens with zero attached hydrogens (tertiary/aromatic N) is 2. The third-order valence-corrected chi connectivity index (χ3v) is 4.51. The van der Waals surface area contributed by atoms with Gasteiger partial charge in [-0.15, -0.1) is 0 Å². The first-order chi connectivity index (χ1) is 14.3. The van der Waals surface area contributed by atoms with Gasteiger partial charge in [-0.2, -0.15) is 0 Å². The zero-order valence-electron chi connectivity index (χ0n) is 15.7. The van der Waals surface area contributed by atoms with Crippen LogP contribution in [0.4, 0.5) is 17.1 Å². The Morgan fingerprint density at radius 1 is 0.967 bits per heavy atom. The largest absolute Gasteiger partial charge is 0.376 e. The molecule has 11 nitrogen and oxygen atoms in total. The van der Waals surface area contributed by atoms with Crippen molar-refractivity contribution in [2.24, 2.45) is 0 Å². The molecule has 1 aliphatic rings. The Balaban J connectivity index is 1.66. The number of nitro groups is 2. The van der Waals surface area contributed by atoms with Gasteiger partial charge in [-0.3, -0.25) is 29.8 Å². The number of hydrogen-bond acceptors (Lipinski definition) is 7. The Morgan fingerprint density at radius 2 is 1.60 bits per heavy atom. The number of anilines is 1. The molecule has 1 atom stereocenters. The molecule has 1 saturated heterocycles. The number of nitro benzene ring substituents is 2. The van der Waals surface area contributed by atoms with Gasteiger partial charge in [0, 0.05) is 36.5 Å². The molecule has 0 bridgehead atoms. The maximum atomic E-state index is 12.4. The fourth-order valence-electron chi connectivity index (χ4n) is 2.96. The summed E-state index contributed by atoms with van der Waals surface area (Å²) >= 11 is 0. The Kier molecular flexibility index (Phi) is 6.32. The molecule has 1 unspecified atom stereocenters. The van der Waals surface area contributed by atoms with Gasteiger partial charge in [0.15, 0.2) is 0 Å². The van der Waals surface area contributed by atoms with E-state index in [0.29, 0.717) is 24.4 Å². The van der Waals surface area contributed by atoms with Gasteiger partial charge in [0.25, 0.3) is 23.2 Å². The van der Waals surface area contributed by atoms with E-state index in [4.69, 9.17) is 4.74 Å². The van der Waals surface area contributed by atoms with Gasteiger partial charge < -0.3 is 15.4 Å². The van der Waals surface area contributed by atoms with Crippen molar-refractivity contribution in [3.05, 3.63) is 73.8 Å². The van der Waals surface area contributed by atoms with Crippen LogP contribution < -0.4 is 10.6 Å². The highest BCUT2D eigenvalue weighted by Gasteiger charge is 2.20. The maximum absolute atomic E-state index is 12.4. The van der Waals surface area contributed by atoms with Gasteiger partial charge in [-0.25, -0.2) is 0 Å². The van der Waals surface area contributed by atoms with Gasteiger partial charge >= 0.3 is 0 Å². The normalized spacial score (nSPS) is 15.4. The highest BCUT2D eigenvalue weighted by Crippen LogP contribution is 2.23. The summed E-state index contributed by atoms with van der Waals surface area (Å²) in [6, 6.07) is 8.69. The summed E-state index contributed by atoms with van der Waals surface area (Å²) < 4.78 is 5.44. The van der Waals surface area contributed by atoms with E-state index in [2.05, 4.69) is 10.6 Å². The average Bonchev–Trinajstić information content (AvgIpc) is 3.25. The topological polar surface area (TPSA) is 154 Å². The van der Waals surface area contributed by atoms with Crippen molar-refractivity contribution in [2.45, 2.75) is 18.9 Å². The smallest absolute Gasteiger partial charge is 0.277 e. The number of ether oxygens (including phenoxy) is 1. The van der Waals surface area contributed by atoms with Crippen LogP contribution in [-0.4, -0.2) is 40.9 Å². The molecular formula is C19H18N4O7. The Morgan fingerprint density at radius 3 is 2.13 bits per heavy atom. The van der Waals surface area contributed by atoms with Crippen molar-refractivity contribution in [3.8, 4) is 0 Å². The summed E-state index contributed by atoms with van der Waals surface area (Å²) in [5.74, 6) is -1.03. The zero-order valence-corrected chi connectivity index (χ0v) is 15.7. The minimum atomic E-state index is -0.812. The number of hydrogen-bond donors (Lipinski definition) is 2. The lowest BCUT2D eigenvalue weighted by molar-refractivity contribution is -0.394. The van der Waals surface area contributed by atoms with Crippen LogP contribution in [0.5, 0.6) is 0 Å². The number of benzene rings is 2. The van der Waals surface area contributed by atoms with Crippen LogP contribution in [0.1, 0.15) is 33.6 Å². The molecule has 1 aliphatic heterocycles. The first-order valence-electron chi connectivity index (χ1n) is 9.08. The van der Waals surface area contributed by atoms with Crippen molar-refractivity contribution in [3.63, 3.8) is 0 Å². The lowest BCUT2D eigenvalue weighted by Gasteiger charge is -2.11. The molecule has 30 heavy (non-hydrogen) atoms. The molecule has 3 rings (SSSR count). The highest BCUT2D eigenvalue weighted by atomic mass is 16.6. The molecule has 0 saturated carbocycles. The van der Waals surface area contributed by atoms with E-state index in [1.54, 1.807) is 0 Å². The third-order valence-electron chi connectivity index (χ3n) is 4.51. The van der Waals surface area contributed by atoms with E-state index in [0.717, 1.165) is 31.0 Å². The van der Waals surface area contributed by atoms with Gasteiger partial charge in [0.05, 0.1) is 27.6 Å². The number of rotatable bonds is 7. The molecule has 1 fully saturated rings. The van der Waals surface area contributed by atoms with E-state index in [1.165, 1.54) is 24.3 Å². The van der Waals surface area contributed by atoms with Crippen LogP contribution in [0.3, 0.4) is 0 Å². The molecular weight excluding hydrogens is 396 g/mol. The monoisotopic (exact) mass is 414 g/mol. The first-order valence-corrected chi connectivity index (χ1v) is 9.08. The molecule has 2 aromatic rings. The molecule has 0 aromatic heterocycles. The third kappa shape index (κ3) is 5.14. The molecule has 2 aromatic carbocycles. The highest BCUT2D eigenvalue weighted by molar-refractivity contribution is 6.05. The quantitative estimate of drug-likeness (QED) is 0.521. The SMILES string of the molecule is O=C(NCC1CCCO1)c1ccc(NC(=O)c2cc([N+](=O)[O-])cc([N+](=O)[O-])c2)cc1. The number of amides is 2. The number of nitrogens with one attached hydrogen (secondary N) is 2. The molecule has 0 spiro atoms. The summed E-state index contributed by atoms with van der Waals surface area (Å²) in [5, 5.41) is 27.2. The predicted molar refractivity (Wildman–Crippen MR) is 105 cm³/mol. The molecule has 1 heterocycles. The van der Waals surface area contributed by atoms with Crippen molar-refractivity contribution in [1.82, 2.24) is 5.32 Å². The summed E-state index contributed by atoms with van der Waals surface area (Å²) in [6.07, 6.45) is 1.90. The molecule has 156 valence electrons. The van der Waals surface area contributed by atoms with Crippen LogP contribution in [0.2, 0.25) is 0 Å². The van der Waals surface area contributed by atoms with Crippen molar-refractivity contribution in [1.29, 1.82) is 0 Å². The summed E-state index contributed by atoms with van der Waals surface area (Å²) in [4.78, 5) is 44.8. The lowest BCUT2D eigenvalue weighted by atomic mass is 10.1. The van der Waals surface area contributed by atoms with E-state index in [1.807, 2.05) is 0 Å². The number of carbonyl (C=O) groups excluding carboxylic acids is 2. The minimum absolute atomic E-state index is 0.0199. The number of carbonyl (C=O) groups is 2. The Labute approximate surface area is 170 Å². The molecule has 2 N–H and O–H groups in total. The van der Waals surface area contributed by atoms with E-state index < -0.39 is 27.1 Å². The maximum Gasteiger partial charge on any atom is 0.277 e. The summed E-state index contributed by atoms with van der Waals surface area (Å²) in [7, 11) is 0. The molecule has 0 aliphatic carbocycles. The van der Waals surface area contributed by atoms with Gasteiger partial charge in [0.1, 0.15) is 0 Å². The van der Waals surface area contributed by atoms with Crippen LogP contribution in [-0.2, 0) is 4.74 Å². The van der Waals surface area contributed by atoms with E-state index >= 15 is 0 Å². The van der Waals surface area contributed by atoms with Crippen molar-refractivity contribution >= 4 is 28.9 Å². The second-order valence-corrected chi connectivity index (χ2v) is 6.63. The van der Waals surface area contributed by atoms with Crippen LogP contribution >= 0.6 is 0 Å². The summed E-state index contributed by atoms with van der Waals surface area (Å²) in [6.45, 7) is 1.12. The first kappa shape index (κ1) is 20.9. The fraction of sp³-hybridized carbons (Fsp3) is 0.263. The Bertz CT molecular complexity index is 953. The van der Waals surface area contributed by atoms with Crippen molar-refractivity contribution in [2.75, 3.05) is 18.5 Å². The molecule has 0 radical (unpaired) electrons. The Hall–Kier alpha value is -3.86. The van der Waals surface area contributed by atoms with Gasteiger partial charge in [-0.1, -0.05) is 0 Å². The molecule has 2 amide bonds. The average molecular weight is 414 g/mol. The summed E-state index contributed by atoms with van der Waals surface area (Å²) in [5.41, 5.74) is -0.642.